The second kappa shape index (κ2) is 8.93. The Morgan fingerprint density at radius 1 is 1.00 bits per heavy atom. The first-order valence-electron chi connectivity index (χ1n) is 9.94. The number of rotatable bonds is 5. The van der Waals surface area contributed by atoms with E-state index in [9.17, 15) is 13.2 Å². The van der Waals surface area contributed by atoms with Gasteiger partial charge in [0.15, 0.2) is 11.5 Å². The lowest BCUT2D eigenvalue weighted by atomic mass is 9.94. The number of amides is 1. The van der Waals surface area contributed by atoms with Crippen molar-refractivity contribution in [2.24, 2.45) is 0 Å². The van der Waals surface area contributed by atoms with E-state index in [-0.39, 0.29) is 17.0 Å². The van der Waals surface area contributed by atoms with Crippen molar-refractivity contribution in [1.29, 1.82) is 0 Å². The Bertz CT molecular complexity index is 996. The van der Waals surface area contributed by atoms with Crippen LogP contribution in [0.25, 0.3) is 0 Å². The van der Waals surface area contributed by atoms with E-state index in [1.165, 1.54) is 12.1 Å². The number of fused-ring (bicyclic) bond motifs is 1. The third-order valence-corrected chi connectivity index (χ3v) is 6.58. The molecule has 8 nitrogen and oxygen atoms in total. The van der Waals surface area contributed by atoms with Crippen molar-refractivity contribution < 1.29 is 27.4 Å². The second-order valence-corrected chi connectivity index (χ2v) is 9.02. The minimum Gasteiger partial charge on any atom is -0.486 e. The van der Waals surface area contributed by atoms with Gasteiger partial charge in [-0.3, -0.25) is 5.32 Å². The van der Waals surface area contributed by atoms with Gasteiger partial charge in [0.25, 0.3) is 0 Å². The fourth-order valence-electron chi connectivity index (χ4n) is 3.66. The Hall–Kier alpha value is -2.78. The molecule has 0 bridgehead atoms. The quantitative estimate of drug-likeness (QED) is 0.752. The third-order valence-electron chi connectivity index (χ3n) is 5.07. The molecule has 4 rings (SSSR count). The van der Waals surface area contributed by atoms with Crippen LogP contribution >= 0.6 is 0 Å². The van der Waals surface area contributed by atoms with Gasteiger partial charge in [0.05, 0.1) is 4.90 Å². The lowest BCUT2D eigenvalue weighted by molar-refractivity contribution is 0.0793. The molecule has 9 heteroatoms. The van der Waals surface area contributed by atoms with Crippen molar-refractivity contribution in [2.75, 3.05) is 18.5 Å². The minimum absolute atomic E-state index is 0.122. The number of hydrogen-bond donors (Lipinski definition) is 2. The molecule has 1 fully saturated rings. The highest BCUT2D eigenvalue weighted by Gasteiger charge is 2.29. The summed E-state index contributed by atoms with van der Waals surface area (Å²) in [6, 6.07) is 13.3. The molecule has 0 saturated heterocycles. The highest BCUT2D eigenvalue weighted by Crippen LogP contribution is 2.32. The maximum Gasteiger partial charge on any atom is 0.411 e. The van der Waals surface area contributed by atoms with Crippen LogP contribution in [0.15, 0.2) is 53.4 Å². The molecule has 0 radical (unpaired) electrons. The molecular formula is C21H24N2O6S. The first kappa shape index (κ1) is 20.5. The van der Waals surface area contributed by atoms with Crippen molar-refractivity contribution in [2.45, 2.75) is 42.7 Å². The Kier molecular flexibility index (Phi) is 6.10. The lowest BCUT2D eigenvalue weighted by Crippen LogP contribution is -2.41. The molecule has 2 aromatic carbocycles. The summed E-state index contributed by atoms with van der Waals surface area (Å²) in [6.45, 7) is 0.829. The Balaban J connectivity index is 1.35. The summed E-state index contributed by atoms with van der Waals surface area (Å²) in [5.74, 6) is 0.960. The molecule has 2 aliphatic rings. The van der Waals surface area contributed by atoms with E-state index >= 15 is 0 Å². The Morgan fingerprint density at radius 2 is 1.77 bits per heavy atom. The number of anilines is 1. The molecule has 2 aromatic rings. The van der Waals surface area contributed by atoms with E-state index in [4.69, 9.17) is 14.2 Å². The summed E-state index contributed by atoms with van der Waals surface area (Å²) in [4.78, 5) is 12.3. The van der Waals surface area contributed by atoms with Crippen molar-refractivity contribution in [3.05, 3.63) is 48.5 Å². The molecular weight excluding hydrogens is 408 g/mol. The standard InChI is InChI=1S/C21H24N2O6S/c24-21(22-15-5-2-1-3-6-15)29-17-8-4-7-16(13-17)23-30(25,26)18-9-10-19-20(14-18)28-12-11-27-19/h1-3,5-6,9-10,14,16-17,23H,4,7-8,11-13H2,(H,22,24)/t16-,17+/m0/s1. The largest absolute Gasteiger partial charge is 0.486 e. The van der Waals surface area contributed by atoms with Crippen LogP contribution < -0.4 is 19.5 Å². The smallest absolute Gasteiger partial charge is 0.411 e. The Labute approximate surface area is 175 Å². The zero-order chi connectivity index (χ0) is 21.0. The number of nitrogens with one attached hydrogen (secondary N) is 2. The van der Waals surface area contributed by atoms with Crippen LogP contribution in [0.2, 0.25) is 0 Å². The monoisotopic (exact) mass is 432 g/mol. The summed E-state index contributed by atoms with van der Waals surface area (Å²) in [6.07, 6.45) is 1.68. The molecule has 1 amide bonds. The fourth-order valence-corrected chi connectivity index (χ4v) is 4.96. The summed E-state index contributed by atoms with van der Waals surface area (Å²) >= 11 is 0. The van der Waals surface area contributed by atoms with E-state index in [0.717, 1.165) is 6.42 Å². The molecule has 2 atom stereocenters. The summed E-state index contributed by atoms with van der Waals surface area (Å²) in [5, 5.41) is 2.68. The SMILES string of the molecule is O=C(Nc1ccccc1)O[C@@H]1CCC[C@H](NS(=O)(=O)c2ccc3c(c2)OCCO3)C1. The van der Waals surface area contributed by atoms with Crippen LogP contribution in [0.5, 0.6) is 11.5 Å². The molecule has 30 heavy (non-hydrogen) atoms. The van der Waals surface area contributed by atoms with Gasteiger partial charge in [0.2, 0.25) is 10.0 Å². The van der Waals surface area contributed by atoms with Gasteiger partial charge in [0.1, 0.15) is 19.3 Å². The lowest BCUT2D eigenvalue weighted by Gasteiger charge is -2.29. The zero-order valence-corrected chi connectivity index (χ0v) is 17.2. The van der Waals surface area contributed by atoms with Crippen LogP contribution in [0.4, 0.5) is 10.5 Å². The number of benzene rings is 2. The van der Waals surface area contributed by atoms with Gasteiger partial charge in [-0.05, 0) is 43.5 Å². The Morgan fingerprint density at radius 3 is 2.57 bits per heavy atom. The molecule has 1 heterocycles. The summed E-state index contributed by atoms with van der Waals surface area (Å²) < 4.78 is 44.8. The molecule has 1 aliphatic heterocycles. The van der Waals surface area contributed by atoms with Gasteiger partial charge in [-0.1, -0.05) is 18.2 Å². The highest BCUT2D eigenvalue weighted by atomic mass is 32.2. The van der Waals surface area contributed by atoms with E-state index in [2.05, 4.69) is 10.0 Å². The highest BCUT2D eigenvalue weighted by molar-refractivity contribution is 7.89. The van der Waals surface area contributed by atoms with Crippen molar-refractivity contribution >= 4 is 21.8 Å². The third kappa shape index (κ3) is 5.03. The summed E-state index contributed by atoms with van der Waals surface area (Å²) in [7, 11) is -3.74. The van der Waals surface area contributed by atoms with E-state index in [0.29, 0.717) is 49.7 Å². The predicted molar refractivity (Wildman–Crippen MR) is 110 cm³/mol. The van der Waals surface area contributed by atoms with Gasteiger partial charge in [-0.2, -0.15) is 0 Å². The number of para-hydroxylation sites is 1. The first-order valence-corrected chi connectivity index (χ1v) is 11.4. The molecule has 0 unspecified atom stereocenters. The topological polar surface area (TPSA) is 103 Å². The maximum atomic E-state index is 12.8. The van der Waals surface area contributed by atoms with Gasteiger partial charge in [-0.15, -0.1) is 0 Å². The normalized spacial score (nSPS) is 20.9. The number of hydrogen-bond acceptors (Lipinski definition) is 6. The van der Waals surface area contributed by atoms with Crippen LogP contribution in [0, 0.1) is 0 Å². The molecule has 2 N–H and O–H groups in total. The van der Waals surface area contributed by atoms with Crippen molar-refractivity contribution in [1.82, 2.24) is 4.72 Å². The molecule has 160 valence electrons. The van der Waals surface area contributed by atoms with Crippen LogP contribution in [0.1, 0.15) is 25.7 Å². The number of ether oxygens (including phenoxy) is 3. The number of sulfonamides is 1. The second-order valence-electron chi connectivity index (χ2n) is 7.31. The van der Waals surface area contributed by atoms with Gasteiger partial charge >= 0.3 is 6.09 Å². The van der Waals surface area contributed by atoms with E-state index in [1.807, 2.05) is 18.2 Å². The molecule has 0 aromatic heterocycles. The van der Waals surface area contributed by atoms with Crippen LogP contribution in [-0.4, -0.2) is 39.9 Å². The van der Waals surface area contributed by atoms with Gasteiger partial charge < -0.3 is 14.2 Å². The average molecular weight is 432 g/mol. The average Bonchev–Trinajstić information content (AvgIpc) is 2.74. The fraction of sp³-hybridized carbons (Fsp3) is 0.381. The minimum atomic E-state index is -3.74. The number of carbonyl (C=O) groups is 1. The predicted octanol–water partition coefficient (Wildman–Crippen LogP) is 3.30. The number of carbonyl (C=O) groups excluding carboxylic acids is 1. The molecule has 0 spiro atoms. The van der Waals surface area contributed by atoms with Crippen molar-refractivity contribution in [3.8, 4) is 11.5 Å². The van der Waals surface area contributed by atoms with Crippen LogP contribution in [0.3, 0.4) is 0 Å². The van der Waals surface area contributed by atoms with Gasteiger partial charge in [-0.25, -0.2) is 17.9 Å². The molecule has 1 saturated carbocycles. The maximum absolute atomic E-state index is 12.8. The van der Waals surface area contributed by atoms with E-state index in [1.54, 1.807) is 18.2 Å². The van der Waals surface area contributed by atoms with Crippen molar-refractivity contribution in [3.63, 3.8) is 0 Å². The van der Waals surface area contributed by atoms with E-state index < -0.39 is 16.1 Å². The molecule has 1 aliphatic carbocycles. The zero-order valence-electron chi connectivity index (χ0n) is 16.4. The summed E-state index contributed by atoms with van der Waals surface area (Å²) in [5.41, 5.74) is 0.647. The van der Waals surface area contributed by atoms with Crippen LogP contribution in [-0.2, 0) is 14.8 Å². The first-order chi connectivity index (χ1) is 14.5. The van der Waals surface area contributed by atoms with Gasteiger partial charge in [0, 0.05) is 24.2 Å².